The molecule has 9 nitrogen and oxygen atoms in total. The van der Waals surface area contributed by atoms with Crippen LogP contribution in [-0.4, -0.2) is 44.3 Å². The van der Waals surface area contributed by atoms with Crippen LogP contribution >= 0.6 is 0 Å². The van der Waals surface area contributed by atoms with Gasteiger partial charge in [-0.05, 0) is 44.2 Å². The van der Waals surface area contributed by atoms with Gasteiger partial charge in [0.05, 0.1) is 4.90 Å². The van der Waals surface area contributed by atoms with Crippen LogP contribution in [0.2, 0.25) is 0 Å². The normalized spacial score (nSPS) is 11.5. The summed E-state index contributed by atoms with van der Waals surface area (Å²) in [5.74, 6) is -1.56. The summed E-state index contributed by atoms with van der Waals surface area (Å²) in [6.07, 6.45) is 1.14. The Hall–Kier alpha value is -2.98. The van der Waals surface area contributed by atoms with Crippen molar-refractivity contribution in [2.75, 3.05) is 19.0 Å². The van der Waals surface area contributed by atoms with Crippen LogP contribution in [0.1, 0.15) is 24.3 Å². The molecule has 0 radical (unpaired) electrons. The lowest BCUT2D eigenvalue weighted by molar-refractivity contribution is -0.608. The molecule has 1 aromatic heterocycles. The first-order chi connectivity index (χ1) is 13.1. The highest BCUT2D eigenvalue weighted by Crippen LogP contribution is 2.19. The lowest BCUT2D eigenvalue weighted by Crippen LogP contribution is -2.35. The number of aromatic nitrogens is 1. The number of hydrogen-bond donors (Lipinski definition) is 1. The fourth-order valence-corrected chi connectivity index (χ4v) is 3.51. The molecule has 2 aromatic rings. The van der Waals surface area contributed by atoms with E-state index in [1.54, 1.807) is 13.8 Å². The Labute approximate surface area is 163 Å². The standard InChI is InChI=1S/C18H21N3O6S/c1-13(2)20(3)28(25,26)15-9-7-14(8-10-15)19-17(22)12-27-18(23)16-6-4-5-11-21(16)24/h4-11,13H,12H2,1-3H3,(H,19,22). The third kappa shape index (κ3) is 5.05. The Kier molecular flexibility index (Phi) is 6.71. The fraction of sp³-hybridized carbons (Fsp3) is 0.278. The summed E-state index contributed by atoms with van der Waals surface area (Å²) in [7, 11) is -2.13. The van der Waals surface area contributed by atoms with Gasteiger partial charge in [-0.25, -0.2) is 13.2 Å². The molecule has 1 aromatic carbocycles. The van der Waals surface area contributed by atoms with Gasteiger partial charge < -0.3 is 15.3 Å². The number of nitrogens with zero attached hydrogens (tertiary/aromatic N) is 2. The number of amides is 1. The minimum atomic E-state index is -3.62. The van der Waals surface area contributed by atoms with Crippen LogP contribution < -0.4 is 10.0 Å². The molecule has 150 valence electrons. The molecule has 10 heteroatoms. The maximum absolute atomic E-state index is 12.4. The van der Waals surface area contributed by atoms with E-state index in [-0.39, 0.29) is 16.6 Å². The number of sulfonamides is 1. The predicted molar refractivity (Wildman–Crippen MR) is 101 cm³/mol. The van der Waals surface area contributed by atoms with Crippen LogP contribution in [0.15, 0.2) is 53.6 Å². The largest absolute Gasteiger partial charge is 0.618 e. The number of pyridine rings is 1. The number of nitrogens with one attached hydrogen (secondary N) is 1. The molecule has 2 rings (SSSR count). The van der Waals surface area contributed by atoms with Crippen molar-refractivity contribution in [2.45, 2.75) is 24.8 Å². The van der Waals surface area contributed by atoms with Gasteiger partial charge in [0, 0.05) is 30.9 Å². The molecule has 0 bridgehead atoms. The zero-order valence-electron chi connectivity index (χ0n) is 15.7. The predicted octanol–water partition coefficient (Wildman–Crippen LogP) is 1.14. The Morgan fingerprint density at radius 3 is 2.39 bits per heavy atom. The molecule has 0 aliphatic heterocycles. The molecule has 28 heavy (non-hydrogen) atoms. The molecule has 0 atom stereocenters. The summed E-state index contributed by atoms with van der Waals surface area (Å²) in [4.78, 5) is 23.8. The lowest BCUT2D eigenvalue weighted by Gasteiger charge is -2.21. The fourth-order valence-electron chi connectivity index (χ4n) is 2.14. The molecular formula is C18H21N3O6S. The maximum Gasteiger partial charge on any atom is 0.405 e. The summed E-state index contributed by atoms with van der Waals surface area (Å²) in [6.45, 7) is 2.93. The second kappa shape index (κ2) is 8.81. The van der Waals surface area contributed by atoms with Crippen LogP contribution in [-0.2, 0) is 19.6 Å². The molecule has 0 saturated heterocycles. The average Bonchev–Trinajstić information content (AvgIpc) is 2.66. The van der Waals surface area contributed by atoms with Gasteiger partial charge in [-0.1, -0.05) is 0 Å². The monoisotopic (exact) mass is 407 g/mol. The average molecular weight is 407 g/mol. The molecular weight excluding hydrogens is 386 g/mol. The molecule has 0 spiro atoms. The van der Waals surface area contributed by atoms with Crippen LogP contribution in [0.4, 0.5) is 5.69 Å². The molecule has 0 fully saturated rings. The topological polar surface area (TPSA) is 120 Å². The number of hydrogen-bond acceptors (Lipinski definition) is 6. The number of carbonyl (C=O) groups is 2. The summed E-state index contributed by atoms with van der Waals surface area (Å²) in [5, 5.41) is 13.9. The minimum Gasteiger partial charge on any atom is -0.618 e. The van der Waals surface area contributed by atoms with Gasteiger partial charge >= 0.3 is 11.7 Å². The lowest BCUT2D eigenvalue weighted by atomic mass is 10.3. The van der Waals surface area contributed by atoms with Crippen molar-refractivity contribution in [3.8, 4) is 0 Å². The second-order valence-electron chi connectivity index (χ2n) is 6.18. The SMILES string of the molecule is CC(C)N(C)S(=O)(=O)c1ccc(NC(=O)COC(=O)c2cccc[n+]2[O-])cc1. The van der Waals surface area contributed by atoms with Gasteiger partial charge in [0.1, 0.15) is 0 Å². The Morgan fingerprint density at radius 1 is 1.18 bits per heavy atom. The molecule has 0 aliphatic rings. The van der Waals surface area contributed by atoms with Crippen molar-refractivity contribution >= 4 is 27.6 Å². The van der Waals surface area contributed by atoms with E-state index in [9.17, 15) is 23.2 Å². The second-order valence-corrected chi connectivity index (χ2v) is 8.17. The highest BCUT2D eigenvalue weighted by Gasteiger charge is 2.23. The van der Waals surface area contributed by atoms with Crippen molar-refractivity contribution in [1.82, 2.24) is 4.31 Å². The van der Waals surface area contributed by atoms with E-state index in [1.807, 2.05) is 0 Å². The van der Waals surface area contributed by atoms with E-state index < -0.39 is 28.5 Å². The van der Waals surface area contributed by atoms with Crippen LogP contribution in [0.5, 0.6) is 0 Å². The van der Waals surface area contributed by atoms with Crippen molar-refractivity contribution in [2.24, 2.45) is 0 Å². The smallest absolute Gasteiger partial charge is 0.405 e. The molecule has 0 saturated carbocycles. The quantitative estimate of drug-likeness (QED) is 0.418. The van der Waals surface area contributed by atoms with Crippen LogP contribution in [0.25, 0.3) is 0 Å². The molecule has 0 aliphatic carbocycles. The Bertz CT molecular complexity index is 958. The summed E-state index contributed by atoms with van der Waals surface area (Å²) in [6, 6.07) is 9.65. The third-order valence-electron chi connectivity index (χ3n) is 3.91. The van der Waals surface area contributed by atoms with Gasteiger partial charge in [0.2, 0.25) is 10.0 Å². The van der Waals surface area contributed by atoms with E-state index in [0.29, 0.717) is 10.4 Å². The van der Waals surface area contributed by atoms with Gasteiger partial charge in [-0.2, -0.15) is 9.04 Å². The third-order valence-corrected chi connectivity index (χ3v) is 5.96. The van der Waals surface area contributed by atoms with E-state index in [0.717, 1.165) is 6.20 Å². The number of carbonyl (C=O) groups excluding carboxylic acids is 2. The molecule has 1 amide bonds. The number of anilines is 1. The van der Waals surface area contributed by atoms with Crippen molar-refractivity contribution < 1.29 is 27.5 Å². The Morgan fingerprint density at radius 2 is 1.82 bits per heavy atom. The van der Waals surface area contributed by atoms with Gasteiger partial charge in [0.25, 0.3) is 5.91 Å². The van der Waals surface area contributed by atoms with Gasteiger partial charge in [-0.3, -0.25) is 4.79 Å². The number of esters is 1. The van der Waals surface area contributed by atoms with Crippen LogP contribution in [0, 0.1) is 5.21 Å². The maximum atomic E-state index is 12.4. The zero-order chi connectivity index (χ0) is 20.9. The first kappa shape index (κ1) is 21.3. The Balaban J connectivity index is 1.96. The zero-order valence-corrected chi connectivity index (χ0v) is 16.5. The van der Waals surface area contributed by atoms with E-state index in [4.69, 9.17) is 4.74 Å². The molecule has 1 N–H and O–H groups in total. The highest BCUT2D eigenvalue weighted by molar-refractivity contribution is 7.89. The summed E-state index contributed by atoms with van der Waals surface area (Å²) in [5.41, 5.74) is 0.102. The van der Waals surface area contributed by atoms with Crippen molar-refractivity contribution in [1.29, 1.82) is 0 Å². The van der Waals surface area contributed by atoms with Crippen molar-refractivity contribution in [3.05, 3.63) is 59.6 Å². The number of benzene rings is 1. The number of rotatable bonds is 7. The van der Waals surface area contributed by atoms with E-state index in [2.05, 4.69) is 5.32 Å². The van der Waals surface area contributed by atoms with E-state index in [1.165, 1.54) is 53.8 Å². The molecule has 1 heterocycles. The molecule has 0 unspecified atom stereocenters. The number of ether oxygens (including phenoxy) is 1. The first-order valence-electron chi connectivity index (χ1n) is 8.36. The highest BCUT2D eigenvalue weighted by atomic mass is 32.2. The summed E-state index contributed by atoms with van der Waals surface area (Å²) < 4.78 is 31.2. The van der Waals surface area contributed by atoms with Gasteiger partial charge in [0.15, 0.2) is 12.8 Å². The first-order valence-corrected chi connectivity index (χ1v) is 9.80. The van der Waals surface area contributed by atoms with E-state index >= 15 is 0 Å². The minimum absolute atomic E-state index is 0.0946. The summed E-state index contributed by atoms with van der Waals surface area (Å²) >= 11 is 0. The van der Waals surface area contributed by atoms with Gasteiger partial charge in [-0.15, -0.1) is 0 Å². The van der Waals surface area contributed by atoms with Crippen molar-refractivity contribution in [3.63, 3.8) is 0 Å². The van der Waals surface area contributed by atoms with Crippen LogP contribution in [0.3, 0.4) is 0 Å².